The molecule has 172 valence electrons. The van der Waals surface area contributed by atoms with Gasteiger partial charge in [-0.1, -0.05) is 21.1 Å². The molecule has 2 aromatic carbocycles. The van der Waals surface area contributed by atoms with Crippen molar-refractivity contribution in [2.24, 2.45) is 0 Å². The minimum atomic E-state index is -0.211. The van der Waals surface area contributed by atoms with E-state index in [9.17, 15) is 9.59 Å². The lowest BCUT2D eigenvalue weighted by atomic mass is 10.1. The molecule has 0 aliphatic rings. The van der Waals surface area contributed by atoms with Gasteiger partial charge < -0.3 is 14.6 Å². The molecule has 2 aromatic heterocycles. The number of anilines is 1. The Morgan fingerprint density at radius 2 is 1.85 bits per heavy atom. The summed E-state index contributed by atoms with van der Waals surface area (Å²) in [6, 6.07) is 18.1. The van der Waals surface area contributed by atoms with Crippen molar-refractivity contribution in [2.75, 3.05) is 12.4 Å². The summed E-state index contributed by atoms with van der Waals surface area (Å²) in [4.78, 5) is 24.7. The molecule has 9 heteroatoms. The van der Waals surface area contributed by atoms with E-state index in [4.69, 9.17) is 4.74 Å². The SMILES string of the molecule is COc1ccc(NC(=O)Cn2cc(Cn3cccc3/C=C/C(=O)c3ccc(Br)cc3)nn2)cc1. The maximum atomic E-state index is 12.4. The highest BCUT2D eigenvalue weighted by Crippen LogP contribution is 2.15. The van der Waals surface area contributed by atoms with E-state index in [1.165, 1.54) is 4.68 Å². The third-order valence-electron chi connectivity index (χ3n) is 5.00. The van der Waals surface area contributed by atoms with Gasteiger partial charge in [-0.2, -0.15) is 0 Å². The second-order valence-electron chi connectivity index (χ2n) is 7.45. The van der Waals surface area contributed by atoms with Crippen LogP contribution >= 0.6 is 15.9 Å². The van der Waals surface area contributed by atoms with Crippen LogP contribution in [-0.4, -0.2) is 38.4 Å². The first-order chi connectivity index (χ1) is 16.5. The Hall–Kier alpha value is -3.98. The first kappa shape index (κ1) is 23.2. The Balaban J connectivity index is 1.35. The summed E-state index contributed by atoms with van der Waals surface area (Å²) in [6.07, 6.45) is 6.96. The van der Waals surface area contributed by atoms with Crippen molar-refractivity contribution in [2.45, 2.75) is 13.1 Å². The van der Waals surface area contributed by atoms with Crippen molar-refractivity contribution in [3.63, 3.8) is 0 Å². The number of hydrogen-bond acceptors (Lipinski definition) is 5. The number of nitrogens with zero attached hydrogens (tertiary/aromatic N) is 4. The Morgan fingerprint density at radius 3 is 2.59 bits per heavy atom. The predicted octanol–water partition coefficient (Wildman–Crippen LogP) is 4.43. The largest absolute Gasteiger partial charge is 0.497 e. The fraction of sp³-hybridized carbons (Fsp3) is 0.120. The van der Waals surface area contributed by atoms with Gasteiger partial charge in [-0.3, -0.25) is 9.59 Å². The summed E-state index contributed by atoms with van der Waals surface area (Å²) in [7, 11) is 1.59. The molecule has 0 saturated heterocycles. The fourth-order valence-corrected chi connectivity index (χ4v) is 3.54. The highest BCUT2D eigenvalue weighted by atomic mass is 79.9. The van der Waals surface area contributed by atoms with E-state index in [-0.39, 0.29) is 18.2 Å². The number of aromatic nitrogens is 4. The van der Waals surface area contributed by atoms with E-state index in [0.29, 0.717) is 23.5 Å². The van der Waals surface area contributed by atoms with Crippen molar-refractivity contribution in [3.8, 4) is 5.75 Å². The van der Waals surface area contributed by atoms with Crippen LogP contribution in [0, 0.1) is 0 Å². The number of benzene rings is 2. The normalized spacial score (nSPS) is 11.0. The molecule has 0 aliphatic heterocycles. The fourth-order valence-electron chi connectivity index (χ4n) is 3.28. The standard InChI is InChI=1S/C25H22BrN5O3/c1-34-23-11-8-20(9-12-23)27-25(33)17-31-16-21(28-29-31)15-30-14-2-3-22(30)10-13-24(32)18-4-6-19(26)7-5-18/h2-14,16H,15,17H2,1H3,(H,27,33)/b13-10+. The predicted molar refractivity (Wildman–Crippen MR) is 133 cm³/mol. The highest BCUT2D eigenvalue weighted by molar-refractivity contribution is 9.10. The van der Waals surface area contributed by atoms with Crippen molar-refractivity contribution in [3.05, 3.63) is 101 Å². The van der Waals surface area contributed by atoms with Crippen molar-refractivity contribution in [1.82, 2.24) is 19.6 Å². The number of ether oxygens (including phenoxy) is 1. The van der Waals surface area contributed by atoms with Crippen molar-refractivity contribution in [1.29, 1.82) is 0 Å². The lowest BCUT2D eigenvalue weighted by Crippen LogP contribution is -2.19. The van der Waals surface area contributed by atoms with Gasteiger partial charge in [-0.15, -0.1) is 5.10 Å². The first-order valence-electron chi connectivity index (χ1n) is 10.5. The lowest BCUT2D eigenvalue weighted by molar-refractivity contribution is -0.116. The number of hydrogen-bond donors (Lipinski definition) is 1. The number of halogens is 1. The Kier molecular flexibility index (Phi) is 7.34. The van der Waals surface area contributed by atoms with Gasteiger partial charge in [0.05, 0.1) is 19.9 Å². The quantitative estimate of drug-likeness (QED) is 0.261. The van der Waals surface area contributed by atoms with Crippen LogP contribution in [0.1, 0.15) is 21.7 Å². The zero-order chi connectivity index (χ0) is 23.9. The maximum absolute atomic E-state index is 12.4. The second kappa shape index (κ2) is 10.8. The first-order valence-corrected chi connectivity index (χ1v) is 11.3. The Morgan fingerprint density at radius 1 is 1.09 bits per heavy atom. The number of carbonyl (C=O) groups is 2. The summed E-state index contributed by atoms with van der Waals surface area (Å²) in [5, 5.41) is 11.0. The van der Waals surface area contributed by atoms with Crippen molar-refractivity contribution >= 4 is 39.4 Å². The topological polar surface area (TPSA) is 91.0 Å². The molecular formula is C25H22BrN5O3. The molecule has 0 saturated carbocycles. The molecule has 0 radical (unpaired) electrons. The highest BCUT2D eigenvalue weighted by Gasteiger charge is 2.09. The molecule has 0 bridgehead atoms. The van der Waals surface area contributed by atoms with Crippen LogP contribution < -0.4 is 10.1 Å². The zero-order valence-electron chi connectivity index (χ0n) is 18.4. The van der Waals surface area contributed by atoms with Gasteiger partial charge in [0, 0.05) is 27.6 Å². The van der Waals surface area contributed by atoms with Gasteiger partial charge in [0.25, 0.3) is 0 Å². The molecule has 8 nitrogen and oxygen atoms in total. The number of carbonyl (C=O) groups excluding carboxylic acids is 2. The second-order valence-corrected chi connectivity index (χ2v) is 8.37. The Bertz CT molecular complexity index is 1310. The molecule has 0 fully saturated rings. The molecule has 4 aromatic rings. The van der Waals surface area contributed by atoms with Gasteiger partial charge in [0.1, 0.15) is 18.0 Å². The molecule has 2 heterocycles. The summed E-state index contributed by atoms with van der Waals surface area (Å²) in [6.45, 7) is 0.498. The molecular weight excluding hydrogens is 498 g/mol. The summed E-state index contributed by atoms with van der Waals surface area (Å²) in [5.74, 6) is 0.433. The number of methoxy groups -OCH3 is 1. The van der Waals surface area contributed by atoms with Crippen LogP contribution in [-0.2, 0) is 17.9 Å². The lowest BCUT2D eigenvalue weighted by Gasteiger charge is -2.06. The molecule has 34 heavy (non-hydrogen) atoms. The molecule has 0 spiro atoms. The number of nitrogens with one attached hydrogen (secondary N) is 1. The monoisotopic (exact) mass is 519 g/mol. The third kappa shape index (κ3) is 6.08. The van der Waals surface area contributed by atoms with E-state index < -0.39 is 0 Å². The number of ketones is 1. The van der Waals surface area contributed by atoms with E-state index in [2.05, 4.69) is 31.6 Å². The van der Waals surface area contributed by atoms with Crippen LogP contribution in [0.3, 0.4) is 0 Å². The molecule has 4 rings (SSSR count). The van der Waals surface area contributed by atoms with Gasteiger partial charge in [-0.25, -0.2) is 4.68 Å². The molecule has 1 N–H and O–H groups in total. The van der Waals surface area contributed by atoms with Crippen LogP contribution in [0.4, 0.5) is 5.69 Å². The number of allylic oxidation sites excluding steroid dienone is 1. The maximum Gasteiger partial charge on any atom is 0.246 e. The van der Waals surface area contributed by atoms with Crippen LogP contribution in [0.5, 0.6) is 5.75 Å². The molecule has 0 unspecified atom stereocenters. The summed E-state index contributed by atoms with van der Waals surface area (Å²) < 4.78 is 9.49. The van der Waals surface area contributed by atoms with E-state index >= 15 is 0 Å². The molecule has 1 amide bonds. The average molecular weight is 520 g/mol. The van der Waals surface area contributed by atoms with Gasteiger partial charge in [0.15, 0.2) is 5.78 Å². The molecule has 0 atom stereocenters. The molecule has 0 aliphatic carbocycles. The van der Waals surface area contributed by atoms with Crippen LogP contribution in [0.25, 0.3) is 6.08 Å². The summed E-state index contributed by atoms with van der Waals surface area (Å²) in [5.41, 5.74) is 2.85. The van der Waals surface area contributed by atoms with Gasteiger partial charge in [-0.05, 0) is 72.8 Å². The van der Waals surface area contributed by atoms with Gasteiger partial charge >= 0.3 is 0 Å². The summed E-state index contributed by atoms with van der Waals surface area (Å²) >= 11 is 3.37. The number of amides is 1. The van der Waals surface area contributed by atoms with E-state index in [1.807, 2.05) is 35.0 Å². The zero-order valence-corrected chi connectivity index (χ0v) is 20.0. The third-order valence-corrected chi connectivity index (χ3v) is 5.53. The van der Waals surface area contributed by atoms with Gasteiger partial charge in [0.2, 0.25) is 5.91 Å². The smallest absolute Gasteiger partial charge is 0.246 e. The van der Waals surface area contributed by atoms with Crippen molar-refractivity contribution < 1.29 is 14.3 Å². The van der Waals surface area contributed by atoms with E-state index in [1.54, 1.807) is 61.9 Å². The number of rotatable bonds is 9. The Labute approximate surface area is 205 Å². The van der Waals surface area contributed by atoms with Crippen LogP contribution in [0.15, 0.2) is 83.6 Å². The minimum absolute atomic E-state index is 0.0408. The average Bonchev–Trinajstić information content (AvgIpc) is 3.47. The van der Waals surface area contributed by atoms with Crippen LogP contribution in [0.2, 0.25) is 0 Å². The minimum Gasteiger partial charge on any atom is -0.497 e. The van der Waals surface area contributed by atoms with E-state index in [0.717, 1.165) is 15.9 Å².